The summed E-state index contributed by atoms with van der Waals surface area (Å²) in [5, 5.41) is 0. The van der Waals surface area contributed by atoms with Crippen LogP contribution in [0.2, 0.25) is 0 Å². The number of fused-ring (bicyclic) bond motifs is 1. The topological polar surface area (TPSA) is 60.4 Å². The molecule has 0 aromatic heterocycles. The number of ketones is 2. The highest BCUT2D eigenvalue weighted by Gasteiger charge is 2.36. The number of benzene rings is 1. The predicted octanol–water partition coefficient (Wildman–Crippen LogP) is 1.56. The maximum absolute atomic E-state index is 12.1. The number of ether oxygens (including phenoxy) is 1. The number of rotatable bonds is 3. The molecule has 0 bridgehead atoms. The van der Waals surface area contributed by atoms with Crippen LogP contribution in [0.4, 0.5) is 0 Å². The Hall–Kier alpha value is -1.97. The summed E-state index contributed by atoms with van der Waals surface area (Å²) in [5.74, 6) is -2.78. The molecular weight excluding hydrogens is 232 g/mol. The fourth-order valence-corrected chi connectivity index (χ4v) is 2.19. The highest BCUT2D eigenvalue weighted by atomic mass is 16.5. The van der Waals surface area contributed by atoms with Gasteiger partial charge in [-0.05, 0) is 25.3 Å². The normalized spacial score (nSPS) is 18.1. The Labute approximate surface area is 105 Å². The van der Waals surface area contributed by atoms with Gasteiger partial charge in [-0.25, -0.2) is 4.79 Å². The summed E-state index contributed by atoms with van der Waals surface area (Å²) < 4.78 is 4.65. The summed E-state index contributed by atoms with van der Waals surface area (Å²) in [6.07, 6.45) is 1.02. The molecule has 0 fully saturated rings. The SMILES string of the molecule is CCOC(=O)C(=O)[C@@H]1CCc2ccccc2C1=O. The Kier molecular flexibility index (Phi) is 3.55. The van der Waals surface area contributed by atoms with E-state index in [0.29, 0.717) is 18.4 Å². The molecule has 1 aliphatic carbocycles. The van der Waals surface area contributed by atoms with E-state index in [-0.39, 0.29) is 12.4 Å². The number of carbonyl (C=O) groups is 3. The molecule has 0 heterocycles. The molecule has 1 aromatic carbocycles. The first-order valence-corrected chi connectivity index (χ1v) is 5.98. The highest BCUT2D eigenvalue weighted by Crippen LogP contribution is 2.26. The van der Waals surface area contributed by atoms with Crippen LogP contribution in [-0.2, 0) is 20.7 Å². The molecule has 18 heavy (non-hydrogen) atoms. The maximum atomic E-state index is 12.1. The summed E-state index contributed by atoms with van der Waals surface area (Å²) in [4.78, 5) is 35.3. The van der Waals surface area contributed by atoms with Gasteiger partial charge >= 0.3 is 5.97 Å². The largest absolute Gasteiger partial charge is 0.460 e. The predicted molar refractivity (Wildman–Crippen MR) is 64.2 cm³/mol. The van der Waals surface area contributed by atoms with Gasteiger partial charge in [0.15, 0.2) is 5.78 Å². The van der Waals surface area contributed by atoms with E-state index < -0.39 is 17.7 Å². The number of hydrogen-bond acceptors (Lipinski definition) is 4. The zero-order valence-electron chi connectivity index (χ0n) is 10.1. The van der Waals surface area contributed by atoms with Crippen LogP contribution < -0.4 is 0 Å². The Balaban J connectivity index is 2.22. The number of aryl methyl sites for hydroxylation is 1. The minimum Gasteiger partial charge on any atom is -0.460 e. The lowest BCUT2D eigenvalue weighted by Gasteiger charge is -2.21. The molecule has 0 unspecified atom stereocenters. The molecule has 0 radical (unpaired) electrons. The van der Waals surface area contributed by atoms with Crippen molar-refractivity contribution in [2.24, 2.45) is 5.92 Å². The fraction of sp³-hybridized carbons (Fsp3) is 0.357. The average Bonchev–Trinajstić information content (AvgIpc) is 2.39. The molecular formula is C14H14O4. The van der Waals surface area contributed by atoms with E-state index in [1.165, 1.54) is 0 Å². The quantitative estimate of drug-likeness (QED) is 0.461. The van der Waals surface area contributed by atoms with Crippen molar-refractivity contribution in [1.82, 2.24) is 0 Å². The molecule has 4 heteroatoms. The van der Waals surface area contributed by atoms with E-state index in [1.54, 1.807) is 19.1 Å². The number of hydrogen-bond donors (Lipinski definition) is 0. The molecule has 94 valence electrons. The smallest absolute Gasteiger partial charge is 0.375 e. The van der Waals surface area contributed by atoms with E-state index in [2.05, 4.69) is 4.74 Å². The first-order valence-electron chi connectivity index (χ1n) is 5.98. The lowest BCUT2D eigenvalue weighted by atomic mass is 9.80. The molecule has 0 N–H and O–H groups in total. The Morgan fingerprint density at radius 3 is 2.78 bits per heavy atom. The number of esters is 1. The molecule has 2 rings (SSSR count). The van der Waals surface area contributed by atoms with E-state index in [4.69, 9.17) is 0 Å². The highest BCUT2D eigenvalue weighted by molar-refractivity contribution is 6.39. The van der Waals surface area contributed by atoms with E-state index in [9.17, 15) is 14.4 Å². The second kappa shape index (κ2) is 5.12. The van der Waals surface area contributed by atoms with Crippen molar-refractivity contribution in [1.29, 1.82) is 0 Å². The molecule has 1 aliphatic rings. The standard InChI is InChI=1S/C14H14O4/c1-2-18-14(17)13(16)11-8-7-9-5-3-4-6-10(9)12(11)15/h3-6,11H,2,7-8H2,1H3/t11-/m1/s1. The molecule has 0 aliphatic heterocycles. The second-order valence-corrected chi connectivity index (χ2v) is 4.20. The molecule has 0 saturated carbocycles. The van der Waals surface area contributed by atoms with Crippen LogP contribution in [0.1, 0.15) is 29.3 Å². The maximum Gasteiger partial charge on any atom is 0.375 e. The molecule has 1 atom stereocenters. The van der Waals surface area contributed by atoms with Crippen molar-refractivity contribution >= 4 is 17.5 Å². The van der Waals surface area contributed by atoms with Crippen molar-refractivity contribution in [3.8, 4) is 0 Å². The van der Waals surface area contributed by atoms with Gasteiger partial charge in [-0.15, -0.1) is 0 Å². The van der Waals surface area contributed by atoms with Crippen LogP contribution in [0.5, 0.6) is 0 Å². The summed E-state index contributed by atoms with van der Waals surface area (Å²) in [6, 6.07) is 7.19. The van der Waals surface area contributed by atoms with Gasteiger partial charge in [-0.2, -0.15) is 0 Å². The van der Waals surface area contributed by atoms with Gasteiger partial charge in [0.05, 0.1) is 12.5 Å². The van der Waals surface area contributed by atoms with Gasteiger partial charge in [0.1, 0.15) is 0 Å². The Bertz CT molecular complexity index is 504. The minimum atomic E-state index is -0.907. The van der Waals surface area contributed by atoms with Crippen molar-refractivity contribution in [2.45, 2.75) is 19.8 Å². The van der Waals surface area contributed by atoms with Gasteiger partial charge < -0.3 is 4.74 Å². The van der Waals surface area contributed by atoms with Gasteiger partial charge in [0.25, 0.3) is 5.78 Å². The fourth-order valence-electron chi connectivity index (χ4n) is 2.19. The van der Waals surface area contributed by atoms with Gasteiger partial charge in [-0.3, -0.25) is 9.59 Å². The third-order valence-electron chi connectivity index (χ3n) is 3.09. The van der Waals surface area contributed by atoms with Crippen LogP contribution in [0.3, 0.4) is 0 Å². The molecule has 0 amide bonds. The first kappa shape index (κ1) is 12.5. The molecule has 1 aromatic rings. The van der Waals surface area contributed by atoms with Gasteiger partial charge in [-0.1, -0.05) is 24.3 Å². The molecule has 4 nitrogen and oxygen atoms in total. The van der Waals surface area contributed by atoms with Crippen molar-refractivity contribution < 1.29 is 19.1 Å². The summed E-state index contributed by atoms with van der Waals surface area (Å²) >= 11 is 0. The van der Waals surface area contributed by atoms with Crippen LogP contribution in [0.15, 0.2) is 24.3 Å². The molecule has 0 saturated heterocycles. The lowest BCUT2D eigenvalue weighted by Crippen LogP contribution is -2.35. The van der Waals surface area contributed by atoms with Crippen LogP contribution in [0.25, 0.3) is 0 Å². The number of Topliss-reactive ketones (excluding diaryl/α,β-unsaturated/α-hetero) is 2. The number of carbonyl (C=O) groups excluding carboxylic acids is 3. The van der Waals surface area contributed by atoms with Gasteiger partial charge in [0, 0.05) is 5.56 Å². The third-order valence-corrected chi connectivity index (χ3v) is 3.09. The third kappa shape index (κ3) is 2.18. The van der Waals surface area contributed by atoms with Crippen LogP contribution in [-0.4, -0.2) is 24.1 Å². The van der Waals surface area contributed by atoms with E-state index in [1.807, 2.05) is 12.1 Å². The Morgan fingerprint density at radius 1 is 1.33 bits per heavy atom. The molecule has 0 spiro atoms. The average molecular weight is 246 g/mol. The van der Waals surface area contributed by atoms with E-state index >= 15 is 0 Å². The first-order chi connectivity index (χ1) is 8.65. The van der Waals surface area contributed by atoms with Gasteiger partial charge in [0.2, 0.25) is 0 Å². The zero-order chi connectivity index (χ0) is 13.1. The minimum absolute atomic E-state index is 0.141. The monoisotopic (exact) mass is 246 g/mol. The van der Waals surface area contributed by atoms with E-state index in [0.717, 1.165) is 5.56 Å². The van der Waals surface area contributed by atoms with Crippen molar-refractivity contribution in [3.05, 3.63) is 35.4 Å². The van der Waals surface area contributed by atoms with Crippen LogP contribution in [0, 0.1) is 5.92 Å². The second-order valence-electron chi connectivity index (χ2n) is 4.20. The lowest BCUT2D eigenvalue weighted by molar-refractivity contribution is -0.154. The summed E-state index contributed by atoms with van der Waals surface area (Å²) in [7, 11) is 0. The van der Waals surface area contributed by atoms with Crippen molar-refractivity contribution in [3.63, 3.8) is 0 Å². The summed E-state index contributed by atoms with van der Waals surface area (Å²) in [6.45, 7) is 1.77. The van der Waals surface area contributed by atoms with Crippen LogP contribution >= 0.6 is 0 Å². The Morgan fingerprint density at radius 2 is 2.06 bits per heavy atom. The zero-order valence-corrected chi connectivity index (χ0v) is 10.1. The van der Waals surface area contributed by atoms with Crippen molar-refractivity contribution in [2.75, 3.05) is 6.61 Å². The summed E-state index contributed by atoms with van der Waals surface area (Å²) in [5.41, 5.74) is 1.49.